The first-order chi connectivity index (χ1) is 7.41. The molecule has 0 aromatic carbocycles. The minimum Gasteiger partial charge on any atom is -0.350 e. The second kappa shape index (κ2) is 5.14. The molecular formula is C12H21N3O. The summed E-state index contributed by atoms with van der Waals surface area (Å²) in [4.78, 5) is 11.8. The molecule has 4 nitrogen and oxygen atoms in total. The molecule has 1 N–H and O–H groups in total. The monoisotopic (exact) mass is 223 g/mol. The lowest BCUT2D eigenvalue weighted by Gasteiger charge is -2.07. The Morgan fingerprint density at radius 3 is 2.50 bits per heavy atom. The predicted octanol–water partition coefficient (Wildman–Crippen LogP) is 2.16. The smallest absolute Gasteiger partial charge is 0.271 e. The molecule has 1 aromatic rings. The van der Waals surface area contributed by atoms with E-state index in [1.54, 1.807) is 0 Å². The molecule has 1 heterocycles. The van der Waals surface area contributed by atoms with E-state index in [1.165, 1.54) is 0 Å². The van der Waals surface area contributed by atoms with Crippen molar-refractivity contribution in [2.24, 2.45) is 5.92 Å². The number of amides is 1. The van der Waals surface area contributed by atoms with Crippen molar-refractivity contribution in [2.45, 2.75) is 40.7 Å². The van der Waals surface area contributed by atoms with Crippen LogP contribution in [0.15, 0.2) is 6.07 Å². The van der Waals surface area contributed by atoms with E-state index >= 15 is 0 Å². The fraction of sp³-hybridized carbons (Fsp3) is 0.667. The zero-order valence-corrected chi connectivity index (χ0v) is 10.7. The first-order valence-corrected chi connectivity index (χ1v) is 5.76. The van der Waals surface area contributed by atoms with Crippen LogP contribution in [0.3, 0.4) is 0 Å². The van der Waals surface area contributed by atoms with Crippen LogP contribution in [0.2, 0.25) is 0 Å². The maximum atomic E-state index is 11.8. The number of nitrogens with zero attached hydrogens (tertiary/aromatic N) is 2. The molecule has 0 aliphatic carbocycles. The van der Waals surface area contributed by atoms with E-state index in [4.69, 9.17) is 0 Å². The lowest BCUT2D eigenvalue weighted by Crippen LogP contribution is -2.27. The van der Waals surface area contributed by atoms with Gasteiger partial charge < -0.3 is 5.32 Å². The largest absolute Gasteiger partial charge is 0.350 e. The van der Waals surface area contributed by atoms with E-state index in [2.05, 4.69) is 38.1 Å². The third kappa shape index (κ3) is 3.08. The molecular weight excluding hydrogens is 202 g/mol. The molecule has 1 rings (SSSR count). The first-order valence-electron chi connectivity index (χ1n) is 5.76. The number of rotatable bonds is 4. The number of nitrogens with one attached hydrogen (secondary N) is 1. The molecule has 1 amide bonds. The highest BCUT2D eigenvalue weighted by Crippen LogP contribution is 2.10. The van der Waals surface area contributed by atoms with Crippen molar-refractivity contribution in [1.82, 2.24) is 15.1 Å². The normalized spacial score (nSPS) is 11.2. The highest BCUT2D eigenvalue weighted by molar-refractivity contribution is 5.92. The van der Waals surface area contributed by atoms with E-state index < -0.39 is 0 Å². The summed E-state index contributed by atoms with van der Waals surface area (Å²) < 4.78 is 1.87. The van der Waals surface area contributed by atoms with Crippen LogP contribution < -0.4 is 5.32 Å². The maximum Gasteiger partial charge on any atom is 0.271 e. The molecule has 0 atom stereocenters. The highest BCUT2D eigenvalue weighted by atomic mass is 16.1. The number of hydrogen-bond acceptors (Lipinski definition) is 2. The van der Waals surface area contributed by atoms with Crippen LogP contribution in [-0.4, -0.2) is 22.2 Å². The average Bonchev–Trinajstić information content (AvgIpc) is 2.56. The molecule has 4 heteroatoms. The lowest BCUT2D eigenvalue weighted by atomic mass is 10.2. The van der Waals surface area contributed by atoms with Gasteiger partial charge in [0.05, 0.1) is 0 Å². The van der Waals surface area contributed by atoms with Crippen molar-refractivity contribution in [3.05, 3.63) is 17.5 Å². The summed E-state index contributed by atoms with van der Waals surface area (Å²) in [5.41, 5.74) is 1.52. The van der Waals surface area contributed by atoms with E-state index in [-0.39, 0.29) is 11.9 Å². The molecule has 0 radical (unpaired) electrons. The van der Waals surface area contributed by atoms with Crippen LogP contribution in [0.4, 0.5) is 0 Å². The van der Waals surface area contributed by atoms with E-state index in [0.717, 1.165) is 5.69 Å². The van der Waals surface area contributed by atoms with Crippen molar-refractivity contribution < 1.29 is 4.79 Å². The third-order valence-corrected chi connectivity index (χ3v) is 2.32. The lowest BCUT2D eigenvalue weighted by molar-refractivity contribution is 0.0943. The summed E-state index contributed by atoms with van der Waals surface area (Å²) in [6.45, 7) is 10.9. The second-order valence-corrected chi connectivity index (χ2v) is 4.81. The number of aromatic nitrogens is 2. The fourth-order valence-corrected chi connectivity index (χ4v) is 1.51. The molecule has 0 fully saturated rings. The van der Waals surface area contributed by atoms with Gasteiger partial charge in [0.1, 0.15) is 5.69 Å². The van der Waals surface area contributed by atoms with E-state index in [1.807, 2.05) is 17.7 Å². The Bertz CT molecular complexity index is 366. The Morgan fingerprint density at radius 2 is 2.06 bits per heavy atom. The van der Waals surface area contributed by atoms with Crippen LogP contribution in [0.5, 0.6) is 0 Å². The Hall–Kier alpha value is -1.32. The number of carbonyl (C=O) groups excluding carboxylic acids is 1. The van der Waals surface area contributed by atoms with E-state index in [9.17, 15) is 4.79 Å². The van der Waals surface area contributed by atoms with Crippen molar-refractivity contribution in [3.8, 4) is 0 Å². The molecule has 0 saturated heterocycles. The fourth-order valence-electron chi connectivity index (χ4n) is 1.51. The van der Waals surface area contributed by atoms with Crippen molar-refractivity contribution >= 4 is 5.91 Å². The predicted molar refractivity (Wildman–Crippen MR) is 64.5 cm³/mol. The number of aryl methyl sites for hydroxylation is 1. The van der Waals surface area contributed by atoms with Crippen molar-refractivity contribution in [1.29, 1.82) is 0 Å². The Balaban J connectivity index is 2.73. The van der Waals surface area contributed by atoms with Gasteiger partial charge in [0.25, 0.3) is 5.91 Å². The average molecular weight is 223 g/mol. The summed E-state index contributed by atoms with van der Waals surface area (Å²) in [5, 5.41) is 7.15. The summed E-state index contributed by atoms with van der Waals surface area (Å²) in [5.74, 6) is 0.369. The van der Waals surface area contributed by atoms with Gasteiger partial charge in [-0.1, -0.05) is 13.8 Å². The van der Waals surface area contributed by atoms with Gasteiger partial charge in [-0.2, -0.15) is 5.10 Å². The molecule has 0 aliphatic rings. The zero-order valence-electron chi connectivity index (χ0n) is 10.7. The van der Waals surface area contributed by atoms with Gasteiger partial charge >= 0.3 is 0 Å². The summed E-state index contributed by atoms with van der Waals surface area (Å²) in [6.07, 6.45) is 0. The van der Waals surface area contributed by atoms with Crippen LogP contribution in [0.25, 0.3) is 0 Å². The molecule has 0 unspecified atom stereocenters. The summed E-state index contributed by atoms with van der Waals surface area (Å²) in [6, 6.07) is 2.11. The Morgan fingerprint density at radius 1 is 1.44 bits per heavy atom. The molecule has 0 saturated carbocycles. The minimum atomic E-state index is -0.0869. The molecule has 90 valence electrons. The molecule has 16 heavy (non-hydrogen) atoms. The van der Waals surface area contributed by atoms with E-state index in [0.29, 0.717) is 18.2 Å². The minimum absolute atomic E-state index is 0.0869. The molecule has 0 aliphatic heterocycles. The Kier molecular flexibility index (Phi) is 4.10. The third-order valence-electron chi connectivity index (χ3n) is 2.32. The zero-order chi connectivity index (χ0) is 12.3. The maximum absolute atomic E-state index is 11.8. The van der Waals surface area contributed by atoms with Crippen molar-refractivity contribution in [2.75, 3.05) is 6.54 Å². The molecule has 0 bridgehead atoms. The number of carbonyl (C=O) groups is 1. The van der Waals surface area contributed by atoms with Gasteiger partial charge in [0, 0.05) is 18.3 Å². The first kappa shape index (κ1) is 12.7. The number of hydrogen-bond donors (Lipinski definition) is 1. The Labute approximate surface area is 97.0 Å². The van der Waals surface area contributed by atoms with Crippen LogP contribution in [0, 0.1) is 12.8 Å². The van der Waals surface area contributed by atoms with Gasteiger partial charge in [-0.15, -0.1) is 0 Å². The van der Waals surface area contributed by atoms with Crippen LogP contribution >= 0.6 is 0 Å². The second-order valence-electron chi connectivity index (χ2n) is 4.81. The van der Waals surface area contributed by atoms with Crippen molar-refractivity contribution in [3.63, 3.8) is 0 Å². The standard InChI is InChI=1S/C12H21N3O/c1-8(2)7-13-12(16)11-6-10(5)15(14-11)9(3)4/h6,8-9H,7H2,1-5H3,(H,13,16). The van der Waals surface area contributed by atoms with Gasteiger partial charge in [-0.3, -0.25) is 9.48 Å². The highest BCUT2D eigenvalue weighted by Gasteiger charge is 2.13. The van der Waals surface area contributed by atoms with Crippen LogP contribution in [0.1, 0.15) is 49.9 Å². The SMILES string of the molecule is Cc1cc(C(=O)NCC(C)C)nn1C(C)C. The summed E-state index contributed by atoms with van der Waals surface area (Å²) in [7, 11) is 0. The van der Waals surface area contributed by atoms with Gasteiger partial charge in [-0.25, -0.2) is 0 Å². The molecule has 1 aromatic heterocycles. The van der Waals surface area contributed by atoms with Gasteiger partial charge in [0.2, 0.25) is 0 Å². The summed E-state index contributed by atoms with van der Waals surface area (Å²) >= 11 is 0. The topological polar surface area (TPSA) is 46.9 Å². The van der Waals surface area contributed by atoms with Gasteiger partial charge in [-0.05, 0) is 32.8 Å². The molecule has 0 spiro atoms. The van der Waals surface area contributed by atoms with Gasteiger partial charge in [0.15, 0.2) is 0 Å². The quantitative estimate of drug-likeness (QED) is 0.850. The van der Waals surface area contributed by atoms with Crippen LogP contribution in [-0.2, 0) is 0 Å².